The van der Waals surface area contributed by atoms with Crippen molar-refractivity contribution in [2.75, 3.05) is 39.1 Å². The summed E-state index contributed by atoms with van der Waals surface area (Å²) in [6.07, 6.45) is 3.97. The lowest BCUT2D eigenvalue weighted by molar-refractivity contribution is 0.183. The highest BCUT2D eigenvalue weighted by Crippen LogP contribution is 2.26. The summed E-state index contributed by atoms with van der Waals surface area (Å²) in [6.45, 7) is 4.03. The number of ether oxygens (including phenoxy) is 2. The van der Waals surface area contributed by atoms with Gasteiger partial charge in [0, 0.05) is 12.6 Å². The second kappa shape index (κ2) is 6.50. The monoisotopic (exact) mass is 250 g/mol. The number of nitrogen functional groups attached to an aromatic ring is 1. The fraction of sp³-hybridized carbons (Fsp3) is 0.571. The van der Waals surface area contributed by atoms with E-state index in [1.165, 1.54) is 32.4 Å². The standard InChI is InChI=1S/C14H22N2O2/c1-17-12-5-6-13(15)14(11-12)18-10-9-16-7-3-2-4-8-16/h5-6,11H,2-4,7-10,15H2,1H3. The van der Waals surface area contributed by atoms with Crippen LogP contribution in [0.3, 0.4) is 0 Å². The normalized spacial score (nSPS) is 16.5. The van der Waals surface area contributed by atoms with Crippen molar-refractivity contribution in [3.8, 4) is 11.5 Å². The lowest BCUT2D eigenvalue weighted by Crippen LogP contribution is -2.33. The third kappa shape index (κ3) is 3.53. The van der Waals surface area contributed by atoms with Crippen LogP contribution in [0.15, 0.2) is 18.2 Å². The maximum atomic E-state index is 5.87. The maximum Gasteiger partial charge on any atom is 0.145 e. The number of likely N-dealkylation sites (tertiary alicyclic amines) is 1. The molecule has 0 aliphatic carbocycles. The largest absolute Gasteiger partial charge is 0.497 e. The average Bonchev–Trinajstić information content (AvgIpc) is 2.42. The van der Waals surface area contributed by atoms with E-state index in [0.717, 1.165) is 12.3 Å². The van der Waals surface area contributed by atoms with Gasteiger partial charge in [-0.25, -0.2) is 0 Å². The zero-order chi connectivity index (χ0) is 12.8. The van der Waals surface area contributed by atoms with Crippen molar-refractivity contribution in [3.63, 3.8) is 0 Å². The van der Waals surface area contributed by atoms with Gasteiger partial charge in [-0.15, -0.1) is 0 Å². The predicted molar refractivity (Wildman–Crippen MR) is 73.2 cm³/mol. The van der Waals surface area contributed by atoms with Gasteiger partial charge < -0.3 is 15.2 Å². The zero-order valence-electron chi connectivity index (χ0n) is 11.0. The molecule has 2 N–H and O–H groups in total. The van der Waals surface area contributed by atoms with E-state index in [2.05, 4.69) is 4.90 Å². The van der Waals surface area contributed by atoms with Crippen LogP contribution in [-0.4, -0.2) is 38.3 Å². The molecule has 1 aliphatic heterocycles. The SMILES string of the molecule is COc1ccc(N)c(OCCN2CCCCC2)c1. The van der Waals surface area contributed by atoms with Crippen LogP contribution < -0.4 is 15.2 Å². The van der Waals surface area contributed by atoms with E-state index in [1.54, 1.807) is 7.11 Å². The Bertz CT molecular complexity index is 376. The van der Waals surface area contributed by atoms with Crippen molar-refractivity contribution in [3.05, 3.63) is 18.2 Å². The van der Waals surface area contributed by atoms with Gasteiger partial charge in [0.2, 0.25) is 0 Å². The number of piperidine rings is 1. The number of rotatable bonds is 5. The van der Waals surface area contributed by atoms with Gasteiger partial charge in [-0.1, -0.05) is 6.42 Å². The Balaban J connectivity index is 1.81. The molecule has 1 saturated heterocycles. The average molecular weight is 250 g/mol. The second-order valence-electron chi connectivity index (χ2n) is 4.65. The van der Waals surface area contributed by atoms with Crippen molar-refractivity contribution in [1.82, 2.24) is 4.90 Å². The Kier molecular flexibility index (Phi) is 4.70. The number of hydrogen-bond acceptors (Lipinski definition) is 4. The maximum absolute atomic E-state index is 5.87. The topological polar surface area (TPSA) is 47.7 Å². The molecule has 0 radical (unpaired) electrons. The van der Waals surface area contributed by atoms with E-state index in [4.69, 9.17) is 15.2 Å². The summed E-state index contributed by atoms with van der Waals surface area (Å²) in [5, 5.41) is 0. The van der Waals surface area contributed by atoms with Crippen LogP contribution in [0.1, 0.15) is 19.3 Å². The molecule has 0 bridgehead atoms. The summed E-state index contributed by atoms with van der Waals surface area (Å²) in [6, 6.07) is 5.49. The minimum atomic E-state index is 0.662. The fourth-order valence-electron chi connectivity index (χ4n) is 2.23. The highest BCUT2D eigenvalue weighted by molar-refractivity contribution is 5.55. The van der Waals surface area contributed by atoms with Gasteiger partial charge in [-0.3, -0.25) is 4.90 Å². The first kappa shape index (κ1) is 13.0. The Morgan fingerprint density at radius 2 is 2.00 bits per heavy atom. The number of nitrogens with zero attached hydrogens (tertiary/aromatic N) is 1. The Morgan fingerprint density at radius 3 is 2.72 bits per heavy atom. The first-order valence-electron chi connectivity index (χ1n) is 6.58. The van der Waals surface area contributed by atoms with Crippen molar-refractivity contribution < 1.29 is 9.47 Å². The smallest absolute Gasteiger partial charge is 0.145 e. The van der Waals surface area contributed by atoms with E-state index in [9.17, 15) is 0 Å². The highest BCUT2D eigenvalue weighted by atomic mass is 16.5. The van der Waals surface area contributed by atoms with Gasteiger partial charge in [-0.05, 0) is 38.1 Å². The van der Waals surface area contributed by atoms with Gasteiger partial charge in [0.25, 0.3) is 0 Å². The molecule has 0 aromatic heterocycles. The molecule has 0 atom stereocenters. The molecule has 1 fully saturated rings. The van der Waals surface area contributed by atoms with Gasteiger partial charge in [0.1, 0.15) is 18.1 Å². The number of nitrogens with two attached hydrogens (primary N) is 1. The molecule has 18 heavy (non-hydrogen) atoms. The molecular formula is C14H22N2O2. The molecule has 0 amide bonds. The molecule has 1 aliphatic rings. The van der Waals surface area contributed by atoms with Crippen LogP contribution in [0.4, 0.5) is 5.69 Å². The molecule has 0 unspecified atom stereocenters. The third-order valence-electron chi connectivity index (χ3n) is 3.33. The van der Waals surface area contributed by atoms with E-state index in [-0.39, 0.29) is 0 Å². The molecule has 1 heterocycles. The van der Waals surface area contributed by atoms with Crippen molar-refractivity contribution in [2.24, 2.45) is 0 Å². The minimum absolute atomic E-state index is 0.662. The summed E-state index contributed by atoms with van der Waals surface area (Å²) in [5.41, 5.74) is 6.53. The quantitative estimate of drug-likeness (QED) is 0.813. The number of methoxy groups -OCH3 is 1. The summed E-state index contributed by atoms with van der Waals surface area (Å²) >= 11 is 0. The molecule has 1 aromatic rings. The lowest BCUT2D eigenvalue weighted by Gasteiger charge is -2.26. The lowest BCUT2D eigenvalue weighted by atomic mass is 10.1. The van der Waals surface area contributed by atoms with E-state index in [0.29, 0.717) is 18.0 Å². The molecule has 1 aromatic carbocycles. The van der Waals surface area contributed by atoms with Crippen LogP contribution in [-0.2, 0) is 0 Å². The van der Waals surface area contributed by atoms with Crippen molar-refractivity contribution in [2.45, 2.75) is 19.3 Å². The Morgan fingerprint density at radius 1 is 1.22 bits per heavy atom. The Labute approximate surface area is 109 Å². The van der Waals surface area contributed by atoms with Crippen molar-refractivity contribution >= 4 is 5.69 Å². The van der Waals surface area contributed by atoms with Crippen LogP contribution in [0.5, 0.6) is 11.5 Å². The molecule has 0 spiro atoms. The van der Waals surface area contributed by atoms with Gasteiger partial charge in [0.05, 0.1) is 12.8 Å². The van der Waals surface area contributed by atoms with E-state index >= 15 is 0 Å². The number of benzene rings is 1. The van der Waals surface area contributed by atoms with Crippen molar-refractivity contribution in [1.29, 1.82) is 0 Å². The van der Waals surface area contributed by atoms with Gasteiger partial charge in [-0.2, -0.15) is 0 Å². The molecule has 2 rings (SSSR count). The van der Waals surface area contributed by atoms with Crippen LogP contribution in [0.2, 0.25) is 0 Å². The number of anilines is 1. The van der Waals surface area contributed by atoms with Crippen LogP contribution in [0.25, 0.3) is 0 Å². The van der Waals surface area contributed by atoms with E-state index < -0.39 is 0 Å². The number of hydrogen-bond donors (Lipinski definition) is 1. The molecule has 4 nitrogen and oxygen atoms in total. The van der Waals surface area contributed by atoms with Gasteiger partial charge in [0.15, 0.2) is 0 Å². The molecule has 100 valence electrons. The summed E-state index contributed by atoms with van der Waals surface area (Å²) in [4.78, 5) is 2.44. The summed E-state index contributed by atoms with van der Waals surface area (Å²) in [7, 11) is 1.64. The van der Waals surface area contributed by atoms with Crippen LogP contribution in [0, 0.1) is 0 Å². The third-order valence-corrected chi connectivity index (χ3v) is 3.33. The zero-order valence-corrected chi connectivity index (χ0v) is 11.0. The highest BCUT2D eigenvalue weighted by Gasteiger charge is 2.10. The van der Waals surface area contributed by atoms with Gasteiger partial charge >= 0.3 is 0 Å². The fourth-order valence-corrected chi connectivity index (χ4v) is 2.23. The minimum Gasteiger partial charge on any atom is -0.497 e. The Hall–Kier alpha value is -1.42. The molecule has 4 heteroatoms. The molecule has 0 saturated carbocycles. The summed E-state index contributed by atoms with van der Waals surface area (Å²) < 4.78 is 10.9. The second-order valence-corrected chi connectivity index (χ2v) is 4.65. The van der Waals surface area contributed by atoms with E-state index in [1.807, 2.05) is 18.2 Å². The summed E-state index contributed by atoms with van der Waals surface area (Å²) in [5.74, 6) is 1.49. The molecular weight excluding hydrogens is 228 g/mol. The first-order valence-corrected chi connectivity index (χ1v) is 6.58. The first-order chi connectivity index (χ1) is 8.79. The predicted octanol–water partition coefficient (Wildman–Crippen LogP) is 2.14. The van der Waals surface area contributed by atoms with Crippen LogP contribution >= 0.6 is 0 Å².